The maximum absolute atomic E-state index is 12.5. The minimum absolute atomic E-state index is 0.0239. The highest BCUT2D eigenvalue weighted by Gasteiger charge is 2.28. The first kappa shape index (κ1) is 22.8. The van der Waals surface area contributed by atoms with Crippen molar-refractivity contribution in [3.8, 4) is 0 Å². The van der Waals surface area contributed by atoms with Crippen molar-refractivity contribution in [2.45, 2.75) is 32.0 Å². The molecule has 1 saturated heterocycles. The number of fused-ring (bicyclic) bond motifs is 1. The smallest absolute Gasteiger partial charge is 0.267 e. The monoisotopic (exact) mass is 472 g/mol. The molecule has 9 nitrogen and oxygen atoms in total. The Morgan fingerprint density at radius 1 is 1.14 bits per heavy atom. The van der Waals surface area contributed by atoms with E-state index in [4.69, 9.17) is 5.73 Å². The van der Waals surface area contributed by atoms with Crippen LogP contribution in [-0.2, 0) is 13.1 Å². The number of anilines is 2. The van der Waals surface area contributed by atoms with Crippen molar-refractivity contribution in [3.63, 3.8) is 0 Å². The van der Waals surface area contributed by atoms with Crippen molar-refractivity contribution in [2.75, 3.05) is 23.7 Å². The van der Waals surface area contributed by atoms with Crippen LogP contribution in [0.4, 0.5) is 11.8 Å². The minimum atomic E-state index is -0.602. The van der Waals surface area contributed by atoms with E-state index in [2.05, 4.69) is 15.0 Å². The second-order valence-electron chi connectivity index (χ2n) is 9.04. The molecule has 0 spiro atoms. The zero-order valence-corrected chi connectivity index (χ0v) is 19.3. The maximum Gasteiger partial charge on any atom is 0.267 e. The summed E-state index contributed by atoms with van der Waals surface area (Å²) in [5.74, 6) is 1.11. The van der Waals surface area contributed by atoms with Crippen molar-refractivity contribution in [1.82, 2.24) is 19.3 Å². The van der Waals surface area contributed by atoms with Crippen molar-refractivity contribution < 1.29 is 9.90 Å². The van der Waals surface area contributed by atoms with Crippen LogP contribution in [0.15, 0.2) is 65.5 Å². The van der Waals surface area contributed by atoms with E-state index in [-0.39, 0.29) is 18.0 Å². The van der Waals surface area contributed by atoms with Gasteiger partial charge in [0.15, 0.2) is 0 Å². The number of rotatable bonds is 7. The summed E-state index contributed by atoms with van der Waals surface area (Å²) in [6, 6.07) is 18.1. The van der Waals surface area contributed by atoms with Gasteiger partial charge in [-0.25, -0.2) is 9.67 Å². The Bertz CT molecular complexity index is 1410. The molecule has 1 aliphatic rings. The number of nitrogens with two attached hydrogens (primary N) is 1. The van der Waals surface area contributed by atoms with Crippen molar-refractivity contribution in [3.05, 3.63) is 82.1 Å². The van der Waals surface area contributed by atoms with Crippen LogP contribution in [0.3, 0.4) is 0 Å². The van der Waals surface area contributed by atoms with Crippen LogP contribution in [0, 0.1) is 5.92 Å². The quantitative estimate of drug-likeness (QED) is 0.396. The average molecular weight is 473 g/mol. The molecule has 1 aliphatic heterocycles. The standard InChI is InChI=1S/C26H28N6O3/c27-26-28-21-8-1-2-9-22(21)31(26)16-23(34)20-7-4-12-30(15-20)24-10-11-25(35)32(29-24)14-18-5-3-6-19(13-18)17-33/h1-3,5-6,8-11,13,17,20,23,34H,4,7,12,14-16H2,(H2,27,28). The number of hydrogen-bond acceptors (Lipinski definition) is 7. The molecular weight excluding hydrogens is 444 g/mol. The van der Waals surface area contributed by atoms with Crippen molar-refractivity contribution >= 4 is 29.1 Å². The molecule has 3 heterocycles. The van der Waals surface area contributed by atoms with E-state index in [9.17, 15) is 14.7 Å². The van der Waals surface area contributed by atoms with Gasteiger partial charge in [0.1, 0.15) is 12.1 Å². The van der Waals surface area contributed by atoms with Gasteiger partial charge < -0.3 is 20.3 Å². The van der Waals surface area contributed by atoms with Crippen LogP contribution in [-0.4, -0.2) is 49.9 Å². The fraction of sp³-hybridized carbons (Fsp3) is 0.308. The first-order valence-corrected chi connectivity index (χ1v) is 11.8. The zero-order chi connectivity index (χ0) is 24.4. The number of aliphatic hydroxyl groups is 1. The molecule has 2 unspecified atom stereocenters. The number of piperidine rings is 1. The molecule has 4 aromatic rings. The maximum atomic E-state index is 12.5. The topological polar surface area (TPSA) is 119 Å². The lowest BCUT2D eigenvalue weighted by Crippen LogP contribution is -2.42. The van der Waals surface area contributed by atoms with E-state index >= 15 is 0 Å². The highest BCUT2D eigenvalue weighted by Crippen LogP contribution is 2.26. The van der Waals surface area contributed by atoms with Gasteiger partial charge in [-0.2, -0.15) is 5.10 Å². The molecule has 180 valence electrons. The van der Waals surface area contributed by atoms with Gasteiger partial charge in [0.05, 0.1) is 30.2 Å². The molecule has 35 heavy (non-hydrogen) atoms. The molecule has 5 rings (SSSR count). The number of aromatic nitrogens is 4. The Morgan fingerprint density at radius 2 is 2.00 bits per heavy atom. The fourth-order valence-electron chi connectivity index (χ4n) is 4.81. The number of aliphatic hydroxyl groups excluding tert-OH is 1. The van der Waals surface area contributed by atoms with Gasteiger partial charge in [0.2, 0.25) is 5.95 Å². The molecule has 2 atom stereocenters. The van der Waals surface area contributed by atoms with Gasteiger partial charge in [-0.05, 0) is 42.7 Å². The number of aldehydes is 1. The molecule has 0 saturated carbocycles. The summed E-state index contributed by atoms with van der Waals surface area (Å²) in [7, 11) is 0. The van der Waals surface area contributed by atoms with Gasteiger partial charge in [-0.3, -0.25) is 9.59 Å². The lowest BCUT2D eigenvalue weighted by atomic mass is 9.92. The van der Waals surface area contributed by atoms with E-state index in [1.807, 2.05) is 34.9 Å². The van der Waals surface area contributed by atoms with E-state index in [0.29, 0.717) is 30.4 Å². The second-order valence-corrected chi connectivity index (χ2v) is 9.04. The third kappa shape index (κ3) is 4.81. The van der Waals surface area contributed by atoms with E-state index in [1.54, 1.807) is 24.3 Å². The molecule has 0 radical (unpaired) electrons. The lowest BCUT2D eigenvalue weighted by molar-refractivity contribution is 0.0828. The first-order chi connectivity index (χ1) is 17.0. The largest absolute Gasteiger partial charge is 0.391 e. The number of nitrogens with zero attached hydrogens (tertiary/aromatic N) is 5. The number of imidazole rings is 1. The molecule has 2 aromatic carbocycles. The predicted octanol–water partition coefficient (Wildman–Crippen LogP) is 2.31. The molecule has 0 aliphatic carbocycles. The number of para-hydroxylation sites is 2. The number of hydrogen-bond donors (Lipinski definition) is 2. The summed E-state index contributed by atoms with van der Waals surface area (Å²) in [6.45, 7) is 2.07. The van der Waals surface area contributed by atoms with Crippen LogP contribution < -0.4 is 16.2 Å². The highest BCUT2D eigenvalue weighted by atomic mass is 16.3. The third-order valence-electron chi connectivity index (χ3n) is 6.65. The van der Waals surface area contributed by atoms with E-state index < -0.39 is 6.10 Å². The van der Waals surface area contributed by atoms with Gasteiger partial charge in [-0.1, -0.05) is 30.3 Å². The number of carbonyl (C=O) groups excluding carboxylic acids is 1. The van der Waals surface area contributed by atoms with Crippen LogP contribution >= 0.6 is 0 Å². The average Bonchev–Trinajstić information content (AvgIpc) is 3.20. The predicted molar refractivity (Wildman–Crippen MR) is 135 cm³/mol. The molecule has 2 aromatic heterocycles. The number of nitrogen functional groups attached to an aromatic ring is 1. The second kappa shape index (κ2) is 9.71. The van der Waals surface area contributed by atoms with Gasteiger partial charge in [0, 0.05) is 30.6 Å². The summed E-state index contributed by atoms with van der Waals surface area (Å²) in [4.78, 5) is 30.0. The van der Waals surface area contributed by atoms with Gasteiger partial charge in [0.25, 0.3) is 5.56 Å². The van der Waals surface area contributed by atoms with E-state index in [1.165, 1.54) is 10.7 Å². The zero-order valence-electron chi connectivity index (χ0n) is 19.3. The summed E-state index contributed by atoms with van der Waals surface area (Å²) in [5.41, 5.74) is 9.04. The Morgan fingerprint density at radius 3 is 2.86 bits per heavy atom. The van der Waals surface area contributed by atoms with E-state index in [0.717, 1.165) is 42.3 Å². The molecule has 0 bridgehead atoms. The molecule has 1 fully saturated rings. The van der Waals surface area contributed by atoms with Crippen LogP contribution in [0.5, 0.6) is 0 Å². The highest BCUT2D eigenvalue weighted by molar-refractivity contribution is 5.78. The number of carbonyl (C=O) groups is 1. The van der Waals surface area contributed by atoms with Crippen molar-refractivity contribution in [1.29, 1.82) is 0 Å². The summed E-state index contributed by atoms with van der Waals surface area (Å²) < 4.78 is 3.28. The molecule has 9 heteroatoms. The third-order valence-corrected chi connectivity index (χ3v) is 6.65. The van der Waals surface area contributed by atoms with Crippen molar-refractivity contribution in [2.24, 2.45) is 5.92 Å². The Hall–Kier alpha value is -3.98. The summed E-state index contributed by atoms with van der Waals surface area (Å²) >= 11 is 0. The van der Waals surface area contributed by atoms with Crippen LogP contribution in [0.25, 0.3) is 11.0 Å². The van der Waals surface area contributed by atoms with Gasteiger partial charge >= 0.3 is 0 Å². The number of benzene rings is 2. The Kier molecular flexibility index (Phi) is 6.33. The van der Waals surface area contributed by atoms with Gasteiger partial charge in [-0.15, -0.1) is 0 Å². The summed E-state index contributed by atoms with van der Waals surface area (Å²) in [5, 5.41) is 15.7. The van der Waals surface area contributed by atoms with Crippen LogP contribution in [0.2, 0.25) is 0 Å². The molecule has 0 amide bonds. The minimum Gasteiger partial charge on any atom is -0.391 e. The normalized spacial score (nSPS) is 16.9. The lowest BCUT2D eigenvalue weighted by Gasteiger charge is -2.36. The molecule has 3 N–H and O–H groups in total. The molecular formula is C26H28N6O3. The summed E-state index contributed by atoms with van der Waals surface area (Å²) in [6.07, 6.45) is 1.98. The Labute approximate surface area is 202 Å². The SMILES string of the molecule is Nc1nc2ccccc2n1CC(O)C1CCCN(c2ccc(=O)n(Cc3cccc(C=O)c3)n2)C1. The fourth-order valence-corrected chi connectivity index (χ4v) is 4.81. The first-order valence-electron chi connectivity index (χ1n) is 11.8. The van der Waals surface area contributed by atoms with Crippen LogP contribution in [0.1, 0.15) is 28.8 Å². The Balaban J connectivity index is 1.32.